The second-order valence-electron chi connectivity index (χ2n) is 5.78. The van der Waals surface area contributed by atoms with E-state index in [4.69, 9.17) is 4.74 Å². The van der Waals surface area contributed by atoms with Gasteiger partial charge in [-0.3, -0.25) is 14.6 Å². The first-order valence-corrected chi connectivity index (χ1v) is 8.38. The molecule has 1 fully saturated rings. The van der Waals surface area contributed by atoms with Crippen molar-refractivity contribution in [3.05, 3.63) is 53.7 Å². The van der Waals surface area contributed by atoms with Gasteiger partial charge < -0.3 is 15.0 Å². The van der Waals surface area contributed by atoms with E-state index in [1.54, 1.807) is 49.5 Å². The molecule has 1 saturated heterocycles. The first-order valence-electron chi connectivity index (χ1n) is 8.38. The number of aromatic nitrogens is 1. The summed E-state index contributed by atoms with van der Waals surface area (Å²) in [4.78, 5) is 42.1. The molecular weight excluding hydrogens is 334 g/mol. The Kier molecular flexibility index (Phi) is 5.26. The van der Waals surface area contributed by atoms with Crippen LogP contribution in [-0.2, 0) is 9.53 Å². The number of piperazine rings is 1. The molecule has 3 rings (SSSR count). The summed E-state index contributed by atoms with van der Waals surface area (Å²) >= 11 is 0. The van der Waals surface area contributed by atoms with Crippen molar-refractivity contribution < 1.29 is 19.1 Å². The summed E-state index contributed by atoms with van der Waals surface area (Å²) in [6.45, 7) is 2.95. The number of carbonyl (C=O) groups excluding carboxylic acids is 3. The van der Waals surface area contributed by atoms with Crippen LogP contribution in [0.2, 0.25) is 0 Å². The van der Waals surface area contributed by atoms with E-state index in [9.17, 15) is 14.4 Å². The minimum Gasteiger partial charge on any atom is -0.462 e. The lowest BCUT2D eigenvalue weighted by atomic mass is 10.0. The molecule has 134 valence electrons. The average Bonchev–Trinajstić information content (AvgIpc) is 2.67. The molecular formula is C19H19N3O4. The van der Waals surface area contributed by atoms with E-state index in [1.165, 1.54) is 4.90 Å². The monoisotopic (exact) mass is 353 g/mol. The van der Waals surface area contributed by atoms with Crippen molar-refractivity contribution in [3.8, 4) is 11.3 Å². The van der Waals surface area contributed by atoms with Gasteiger partial charge in [0.25, 0.3) is 5.91 Å². The summed E-state index contributed by atoms with van der Waals surface area (Å²) in [6.07, 6.45) is 1.58. The minimum atomic E-state index is -0.458. The summed E-state index contributed by atoms with van der Waals surface area (Å²) in [5.41, 5.74) is 1.88. The molecule has 1 N–H and O–H groups in total. The second-order valence-corrected chi connectivity index (χ2v) is 5.78. The topological polar surface area (TPSA) is 88.6 Å². The Morgan fingerprint density at radius 1 is 1.27 bits per heavy atom. The Morgan fingerprint density at radius 3 is 2.88 bits per heavy atom. The van der Waals surface area contributed by atoms with Crippen LogP contribution in [0.4, 0.5) is 0 Å². The average molecular weight is 353 g/mol. The number of nitrogens with zero attached hydrogens (tertiary/aromatic N) is 2. The summed E-state index contributed by atoms with van der Waals surface area (Å²) in [5.74, 6) is -0.856. The Labute approximate surface area is 151 Å². The van der Waals surface area contributed by atoms with Crippen LogP contribution in [-0.4, -0.2) is 53.9 Å². The Morgan fingerprint density at radius 2 is 2.12 bits per heavy atom. The lowest BCUT2D eigenvalue weighted by molar-refractivity contribution is -0.123. The van der Waals surface area contributed by atoms with Crippen LogP contribution >= 0.6 is 0 Å². The lowest BCUT2D eigenvalue weighted by Crippen LogP contribution is -2.49. The van der Waals surface area contributed by atoms with Gasteiger partial charge in [-0.1, -0.05) is 12.1 Å². The number of rotatable bonds is 4. The molecule has 0 radical (unpaired) electrons. The van der Waals surface area contributed by atoms with Crippen LogP contribution < -0.4 is 5.32 Å². The fourth-order valence-corrected chi connectivity index (χ4v) is 2.80. The van der Waals surface area contributed by atoms with E-state index < -0.39 is 5.97 Å². The van der Waals surface area contributed by atoms with Crippen molar-refractivity contribution in [2.45, 2.75) is 6.92 Å². The van der Waals surface area contributed by atoms with Gasteiger partial charge in [-0.05, 0) is 31.2 Å². The largest absolute Gasteiger partial charge is 0.462 e. The van der Waals surface area contributed by atoms with Crippen molar-refractivity contribution >= 4 is 17.8 Å². The highest BCUT2D eigenvalue weighted by Crippen LogP contribution is 2.23. The molecule has 0 aliphatic carbocycles. The van der Waals surface area contributed by atoms with Gasteiger partial charge in [-0.25, -0.2) is 4.79 Å². The van der Waals surface area contributed by atoms with Crippen LogP contribution in [0.5, 0.6) is 0 Å². The van der Waals surface area contributed by atoms with E-state index in [1.807, 2.05) is 0 Å². The summed E-state index contributed by atoms with van der Waals surface area (Å²) < 4.78 is 5.08. The first kappa shape index (κ1) is 17.6. The van der Waals surface area contributed by atoms with Gasteiger partial charge in [0.2, 0.25) is 5.91 Å². The van der Waals surface area contributed by atoms with Gasteiger partial charge in [0.05, 0.1) is 24.4 Å². The van der Waals surface area contributed by atoms with Gasteiger partial charge in [0.15, 0.2) is 0 Å². The minimum absolute atomic E-state index is 0.0424. The molecule has 1 aromatic carbocycles. The second kappa shape index (κ2) is 7.77. The zero-order chi connectivity index (χ0) is 18.5. The number of carbonyl (C=O) groups is 3. The third kappa shape index (κ3) is 3.72. The summed E-state index contributed by atoms with van der Waals surface area (Å²) in [7, 11) is 0. The molecule has 0 saturated carbocycles. The van der Waals surface area contributed by atoms with E-state index in [2.05, 4.69) is 10.3 Å². The number of nitrogens with one attached hydrogen (secondary N) is 1. The number of ether oxygens (including phenoxy) is 1. The van der Waals surface area contributed by atoms with Gasteiger partial charge in [0, 0.05) is 30.4 Å². The fraction of sp³-hybridized carbons (Fsp3) is 0.263. The maximum Gasteiger partial charge on any atom is 0.340 e. The summed E-state index contributed by atoms with van der Waals surface area (Å²) in [6, 6.07) is 10.2. The van der Waals surface area contributed by atoms with E-state index in [0.29, 0.717) is 35.5 Å². The molecule has 0 bridgehead atoms. The quantitative estimate of drug-likeness (QED) is 0.842. The van der Waals surface area contributed by atoms with E-state index in [0.717, 1.165) is 0 Å². The molecule has 2 aromatic rings. The van der Waals surface area contributed by atoms with Gasteiger partial charge in [-0.2, -0.15) is 0 Å². The molecule has 1 aliphatic heterocycles. The molecule has 0 atom stereocenters. The SMILES string of the molecule is CCOC(=O)c1cccnc1-c1cccc(C(=O)N2CCNC(=O)C2)c1. The molecule has 7 heteroatoms. The molecule has 0 spiro atoms. The number of hydrogen-bond donors (Lipinski definition) is 1. The van der Waals surface area contributed by atoms with Crippen LogP contribution in [0.3, 0.4) is 0 Å². The molecule has 2 amide bonds. The molecule has 0 unspecified atom stereocenters. The predicted molar refractivity (Wildman–Crippen MR) is 94.5 cm³/mol. The predicted octanol–water partition coefficient (Wildman–Crippen LogP) is 1.50. The Bertz CT molecular complexity index is 850. The molecule has 2 heterocycles. The van der Waals surface area contributed by atoms with Crippen LogP contribution in [0.1, 0.15) is 27.6 Å². The summed E-state index contributed by atoms with van der Waals surface area (Å²) in [5, 5.41) is 2.69. The molecule has 7 nitrogen and oxygen atoms in total. The highest BCUT2D eigenvalue weighted by Gasteiger charge is 2.23. The van der Waals surface area contributed by atoms with Gasteiger partial charge in [-0.15, -0.1) is 0 Å². The van der Waals surface area contributed by atoms with Gasteiger partial charge in [0.1, 0.15) is 0 Å². The zero-order valence-corrected chi connectivity index (χ0v) is 14.4. The van der Waals surface area contributed by atoms with Crippen molar-refractivity contribution in [1.82, 2.24) is 15.2 Å². The van der Waals surface area contributed by atoms with Crippen LogP contribution in [0.25, 0.3) is 11.3 Å². The first-order chi connectivity index (χ1) is 12.6. The highest BCUT2D eigenvalue weighted by atomic mass is 16.5. The highest BCUT2D eigenvalue weighted by molar-refractivity contribution is 5.99. The van der Waals surface area contributed by atoms with Crippen LogP contribution in [0, 0.1) is 0 Å². The molecule has 1 aromatic heterocycles. The maximum atomic E-state index is 12.7. The van der Waals surface area contributed by atoms with Crippen LogP contribution in [0.15, 0.2) is 42.6 Å². The number of hydrogen-bond acceptors (Lipinski definition) is 5. The third-order valence-electron chi connectivity index (χ3n) is 4.01. The zero-order valence-electron chi connectivity index (χ0n) is 14.4. The maximum absolute atomic E-state index is 12.7. The normalized spacial score (nSPS) is 13.9. The van der Waals surface area contributed by atoms with E-state index >= 15 is 0 Å². The third-order valence-corrected chi connectivity index (χ3v) is 4.01. The molecule has 26 heavy (non-hydrogen) atoms. The Balaban J connectivity index is 1.92. The molecule has 1 aliphatic rings. The Hall–Kier alpha value is -3.22. The van der Waals surface area contributed by atoms with E-state index in [-0.39, 0.29) is 25.0 Å². The number of pyridine rings is 1. The van der Waals surface area contributed by atoms with Crippen molar-refractivity contribution in [2.75, 3.05) is 26.2 Å². The van der Waals surface area contributed by atoms with Crippen molar-refractivity contribution in [2.24, 2.45) is 0 Å². The lowest BCUT2D eigenvalue weighted by Gasteiger charge is -2.26. The van der Waals surface area contributed by atoms with Crippen molar-refractivity contribution in [3.63, 3.8) is 0 Å². The van der Waals surface area contributed by atoms with Crippen molar-refractivity contribution in [1.29, 1.82) is 0 Å². The standard InChI is InChI=1S/C19H19N3O4/c1-2-26-19(25)15-7-4-8-21-17(15)13-5-3-6-14(11-13)18(24)22-10-9-20-16(23)12-22/h3-8,11H,2,9-10,12H2,1H3,(H,20,23). The number of amides is 2. The van der Waals surface area contributed by atoms with Gasteiger partial charge >= 0.3 is 5.97 Å². The number of benzene rings is 1. The fourth-order valence-electron chi connectivity index (χ4n) is 2.80. The number of esters is 1. The smallest absolute Gasteiger partial charge is 0.340 e.